The maximum Gasteiger partial charge on any atom is 0.422 e. The van der Waals surface area contributed by atoms with Crippen LogP contribution >= 0.6 is 0 Å². The highest BCUT2D eigenvalue weighted by molar-refractivity contribution is 5.84. The maximum absolute atomic E-state index is 11.6. The molecule has 0 bridgehead atoms. The molecule has 0 aliphatic heterocycles. The van der Waals surface area contributed by atoms with Gasteiger partial charge in [-0.1, -0.05) is 0 Å². The predicted octanol–water partition coefficient (Wildman–Crippen LogP) is 0.409. The lowest BCUT2D eigenvalue weighted by Crippen LogP contribution is -2.44. The fourth-order valence-electron chi connectivity index (χ4n) is 0.648. The van der Waals surface area contributed by atoms with Gasteiger partial charge in [0, 0.05) is 7.05 Å². The summed E-state index contributed by atoms with van der Waals surface area (Å²) >= 11 is 0. The largest absolute Gasteiger partial charge is 0.440 e. The van der Waals surface area contributed by atoms with Crippen LogP contribution in [0.2, 0.25) is 0 Å². The summed E-state index contributed by atoms with van der Waals surface area (Å²) in [6.07, 6.45) is -5.86. The number of hydrogen-bond acceptors (Lipinski definition) is 3. The summed E-state index contributed by atoms with van der Waals surface area (Å²) in [5, 5.41) is 4.14. The summed E-state index contributed by atoms with van der Waals surface area (Å²) in [6.45, 7) is -0.368. The fraction of sp³-hybridized carbons (Fsp3) is 0.714. The molecule has 0 aliphatic carbocycles. The van der Waals surface area contributed by atoms with E-state index in [1.54, 1.807) is 0 Å². The summed E-state index contributed by atoms with van der Waals surface area (Å²) < 4.78 is 38.6. The molecule has 2 amide bonds. The molecule has 0 heterocycles. The monoisotopic (exact) mass is 228 g/mol. The molecule has 0 fully saturated rings. The number of carbonyl (C=O) groups excluding carboxylic acids is 2. The molecule has 0 saturated carbocycles. The van der Waals surface area contributed by atoms with Crippen molar-refractivity contribution in [3.63, 3.8) is 0 Å². The summed E-state index contributed by atoms with van der Waals surface area (Å²) in [6, 6.07) is -0.948. The van der Waals surface area contributed by atoms with Crippen LogP contribution in [0, 0.1) is 0 Å². The average molecular weight is 228 g/mol. The Labute approximate surface area is 84.0 Å². The van der Waals surface area contributed by atoms with Crippen LogP contribution in [0.25, 0.3) is 0 Å². The predicted molar refractivity (Wildman–Crippen MR) is 44.1 cm³/mol. The molecule has 88 valence electrons. The first-order chi connectivity index (χ1) is 6.76. The molecule has 0 aromatic rings. The Morgan fingerprint density at radius 1 is 1.40 bits per heavy atom. The Morgan fingerprint density at radius 3 is 2.33 bits per heavy atom. The zero-order valence-electron chi connectivity index (χ0n) is 8.14. The zero-order chi connectivity index (χ0) is 12.1. The quantitative estimate of drug-likeness (QED) is 0.735. The SMILES string of the molecule is CNC(=O)C(C)NC(=O)OCC(F)(F)F. The average Bonchev–Trinajstić information content (AvgIpc) is 2.12. The van der Waals surface area contributed by atoms with Crippen molar-refractivity contribution in [3.05, 3.63) is 0 Å². The highest BCUT2D eigenvalue weighted by atomic mass is 19.4. The van der Waals surface area contributed by atoms with E-state index in [1.807, 2.05) is 5.32 Å². The van der Waals surface area contributed by atoms with Gasteiger partial charge in [0.05, 0.1) is 0 Å². The van der Waals surface area contributed by atoms with E-state index in [2.05, 4.69) is 10.1 Å². The van der Waals surface area contributed by atoms with Gasteiger partial charge in [-0.2, -0.15) is 13.2 Å². The molecule has 0 saturated heterocycles. The summed E-state index contributed by atoms with van der Waals surface area (Å²) in [5.74, 6) is -0.529. The number of rotatable bonds is 3. The van der Waals surface area contributed by atoms with Crippen molar-refractivity contribution < 1.29 is 27.5 Å². The number of carbonyl (C=O) groups is 2. The highest BCUT2D eigenvalue weighted by Crippen LogP contribution is 2.14. The minimum absolute atomic E-state index is 0.529. The summed E-state index contributed by atoms with van der Waals surface area (Å²) in [7, 11) is 1.33. The van der Waals surface area contributed by atoms with E-state index in [1.165, 1.54) is 14.0 Å². The molecule has 0 radical (unpaired) electrons. The maximum atomic E-state index is 11.6. The Bertz CT molecular complexity index is 242. The van der Waals surface area contributed by atoms with Crippen molar-refractivity contribution in [1.29, 1.82) is 0 Å². The van der Waals surface area contributed by atoms with Crippen LogP contribution in [0.15, 0.2) is 0 Å². The lowest BCUT2D eigenvalue weighted by molar-refractivity contribution is -0.160. The second-order valence-corrected chi connectivity index (χ2v) is 2.67. The first-order valence-corrected chi connectivity index (χ1v) is 3.98. The van der Waals surface area contributed by atoms with E-state index >= 15 is 0 Å². The van der Waals surface area contributed by atoms with Gasteiger partial charge >= 0.3 is 12.3 Å². The van der Waals surface area contributed by atoms with Crippen LogP contribution in [0.4, 0.5) is 18.0 Å². The van der Waals surface area contributed by atoms with Gasteiger partial charge in [-0.05, 0) is 6.92 Å². The van der Waals surface area contributed by atoms with Crippen molar-refractivity contribution in [3.8, 4) is 0 Å². The molecule has 0 rings (SSSR count). The minimum atomic E-state index is -4.58. The number of alkyl halides is 3. The van der Waals surface area contributed by atoms with Crippen LogP contribution in [0.1, 0.15) is 6.92 Å². The smallest absolute Gasteiger partial charge is 0.422 e. The van der Waals surface area contributed by atoms with Gasteiger partial charge in [0.2, 0.25) is 5.91 Å². The third-order valence-corrected chi connectivity index (χ3v) is 1.34. The van der Waals surface area contributed by atoms with Crippen molar-refractivity contribution >= 4 is 12.0 Å². The van der Waals surface area contributed by atoms with Gasteiger partial charge in [-0.25, -0.2) is 4.79 Å². The summed E-state index contributed by atoms with van der Waals surface area (Å²) in [5.41, 5.74) is 0. The number of nitrogens with one attached hydrogen (secondary N) is 2. The number of amides is 2. The van der Waals surface area contributed by atoms with Crippen LogP contribution in [-0.2, 0) is 9.53 Å². The second-order valence-electron chi connectivity index (χ2n) is 2.67. The normalized spacial score (nSPS) is 12.9. The molecule has 1 unspecified atom stereocenters. The van der Waals surface area contributed by atoms with Crippen molar-refractivity contribution in [2.24, 2.45) is 0 Å². The molecule has 8 heteroatoms. The van der Waals surface area contributed by atoms with Gasteiger partial charge in [0.15, 0.2) is 6.61 Å². The Hall–Kier alpha value is -1.47. The molecule has 0 spiro atoms. The highest BCUT2D eigenvalue weighted by Gasteiger charge is 2.30. The Kier molecular flexibility index (Phi) is 4.89. The Morgan fingerprint density at radius 2 is 1.93 bits per heavy atom. The van der Waals surface area contributed by atoms with E-state index in [0.717, 1.165) is 0 Å². The van der Waals surface area contributed by atoms with Gasteiger partial charge < -0.3 is 15.4 Å². The summed E-state index contributed by atoms with van der Waals surface area (Å²) in [4.78, 5) is 21.6. The molecule has 5 nitrogen and oxygen atoms in total. The van der Waals surface area contributed by atoms with E-state index in [-0.39, 0.29) is 0 Å². The number of halogens is 3. The molecular formula is C7H11F3N2O3. The van der Waals surface area contributed by atoms with Crippen LogP contribution < -0.4 is 10.6 Å². The fourth-order valence-corrected chi connectivity index (χ4v) is 0.648. The first kappa shape index (κ1) is 13.5. The molecule has 0 aliphatic rings. The lowest BCUT2D eigenvalue weighted by Gasteiger charge is -2.13. The number of likely N-dealkylation sites (N-methyl/N-ethyl adjacent to an activating group) is 1. The van der Waals surface area contributed by atoms with Crippen molar-refractivity contribution in [2.45, 2.75) is 19.1 Å². The van der Waals surface area contributed by atoms with Crippen molar-refractivity contribution in [2.75, 3.05) is 13.7 Å². The lowest BCUT2D eigenvalue weighted by atomic mass is 10.3. The third-order valence-electron chi connectivity index (χ3n) is 1.34. The van der Waals surface area contributed by atoms with Gasteiger partial charge in [-0.15, -0.1) is 0 Å². The van der Waals surface area contributed by atoms with Crippen molar-refractivity contribution in [1.82, 2.24) is 10.6 Å². The van der Waals surface area contributed by atoms with Gasteiger partial charge in [0.1, 0.15) is 6.04 Å². The second kappa shape index (κ2) is 5.42. The van der Waals surface area contributed by atoms with Gasteiger partial charge in [0.25, 0.3) is 0 Å². The number of alkyl carbamates (subject to hydrolysis) is 1. The van der Waals surface area contributed by atoms with Crippen LogP contribution in [-0.4, -0.2) is 37.9 Å². The molecule has 0 aromatic heterocycles. The van der Waals surface area contributed by atoms with Crippen LogP contribution in [0.5, 0.6) is 0 Å². The van der Waals surface area contributed by atoms with E-state index in [9.17, 15) is 22.8 Å². The first-order valence-electron chi connectivity index (χ1n) is 3.98. The Balaban J connectivity index is 3.89. The molecule has 0 aromatic carbocycles. The minimum Gasteiger partial charge on any atom is -0.440 e. The topological polar surface area (TPSA) is 67.4 Å². The molecular weight excluding hydrogens is 217 g/mol. The van der Waals surface area contributed by atoms with Crippen LogP contribution in [0.3, 0.4) is 0 Å². The third kappa shape index (κ3) is 6.58. The molecule has 1 atom stereocenters. The van der Waals surface area contributed by atoms with E-state index < -0.39 is 30.8 Å². The molecule has 2 N–H and O–H groups in total. The number of ether oxygens (including phenoxy) is 1. The van der Waals surface area contributed by atoms with E-state index in [0.29, 0.717) is 0 Å². The number of hydrogen-bond donors (Lipinski definition) is 2. The standard InChI is InChI=1S/C7H11F3N2O3/c1-4(5(13)11-2)12-6(14)15-3-7(8,9)10/h4H,3H2,1-2H3,(H,11,13)(H,12,14). The van der Waals surface area contributed by atoms with Gasteiger partial charge in [-0.3, -0.25) is 4.79 Å². The van der Waals surface area contributed by atoms with E-state index in [4.69, 9.17) is 0 Å². The zero-order valence-corrected chi connectivity index (χ0v) is 8.14. The molecule has 15 heavy (non-hydrogen) atoms.